The van der Waals surface area contributed by atoms with E-state index in [0.717, 1.165) is 0 Å². The molecule has 0 aliphatic carbocycles. The van der Waals surface area contributed by atoms with Crippen LogP contribution in [0.25, 0.3) is 0 Å². The van der Waals surface area contributed by atoms with Gasteiger partial charge in [-0.1, -0.05) is 11.6 Å². The van der Waals surface area contributed by atoms with Gasteiger partial charge in [-0.25, -0.2) is 4.98 Å². The van der Waals surface area contributed by atoms with Crippen molar-refractivity contribution < 1.29 is 9.66 Å². The highest BCUT2D eigenvalue weighted by Crippen LogP contribution is 2.34. The number of hydrogen-bond acceptors (Lipinski definition) is 5. The van der Waals surface area contributed by atoms with Crippen LogP contribution in [0.5, 0.6) is 11.6 Å². The van der Waals surface area contributed by atoms with Gasteiger partial charge in [-0.2, -0.15) is 0 Å². The minimum atomic E-state index is -0.562. The van der Waals surface area contributed by atoms with Crippen molar-refractivity contribution in [2.75, 3.05) is 5.73 Å². The van der Waals surface area contributed by atoms with Gasteiger partial charge < -0.3 is 10.5 Å². The summed E-state index contributed by atoms with van der Waals surface area (Å²) in [6.45, 7) is 1.75. The zero-order valence-corrected chi connectivity index (χ0v) is 10.7. The molecule has 0 amide bonds. The van der Waals surface area contributed by atoms with Crippen LogP contribution in [0.15, 0.2) is 30.5 Å². The molecule has 0 fully saturated rings. The molecular formula is C12H10ClN3O3. The molecule has 19 heavy (non-hydrogen) atoms. The number of nitrogen functional groups attached to an aromatic ring is 1. The van der Waals surface area contributed by atoms with Crippen molar-refractivity contribution in [2.24, 2.45) is 0 Å². The Morgan fingerprint density at radius 1 is 1.42 bits per heavy atom. The second-order valence-electron chi connectivity index (χ2n) is 3.86. The van der Waals surface area contributed by atoms with Gasteiger partial charge in [0, 0.05) is 16.7 Å². The van der Waals surface area contributed by atoms with Crippen LogP contribution in [0, 0.1) is 17.0 Å². The summed E-state index contributed by atoms with van der Waals surface area (Å²) in [5.74, 6) is 0.342. The van der Waals surface area contributed by atoms with Crippen LogP contribution in [0.1, 0.15) is 5.56 Å². The third-order valence-electron chi connectivity index (χ3n) is 2.38. The topological polar surface area (TPSA) is 91.3 Å². The largest absolute Gasteiger partial charge is 0.432 e. The van der Waals surface area contributed by atoms with Crippen molar-refractivity contribution in [2.45, 2.75) is 6.92 Å². The van der Waals surface area contributed by atoms with Crippen LogP contribution < -0.4 is 10.5 Å². The number of anilines is 1. The van der Waals surface area contributed by atoms with Gasteiger partial charge in [-0.3, -0.25) is 10.1 Å². The quantitative estimate of drug-likeness (QED) is 0.687. The number of pyridine rings is 1. The Hall–Kier alpha value is -2.34. The zero-order chi connectivity index (χ0) is 14.0. The van der Waals surface area contributed by atoms with Crippen molar-refractivity contribution in [1.29, 1.82) is 0 Å². The molecule has 0 spiro atoms. The SMILES string of the molecule is Cc1cc(N)cnc1Oc1ccc(Cl)cc1[N+](=O)[O-]. The van der Waals surface area contributed by atoms with Gasteiger partial charge in [-0.05, 0) is 25.1 Å². The Labute approximate surface area is 113 Å². The maximum atomic E-state index is 10.9. The summed E-state index contributed by atoms with van der Waals surface area (Å²) < 4.78 is 5.44. The fourth-order valence-corrected chi connectivity index (χ4v) is 1.68. The number of nitrogens with zero attached hydrogens (tertiary/aromatic N) is 2. The monoisotopic (exact) mass is 279 g/mol. The van der Waals surface area contributed by atoms with E-state index in [1.807, 2.05) is 0 Å². The van der Waals surface area contributed by atoms with Crippen molar-refractivity contribution in [3.8, 4) is 11.6 Å². The average Bonchev–Trinajstić information content (AvgIpc) is 2.34. The number of nitro benzene ring substituents is 1. The Balaban J connectivity index is 2.40. The molecule has 6 nitrogen and oxygen atoms in total. The molecule has 1 heterocycles. The summed E-state index contributed by atoms with van der Waals surface area (Å²) >= 11 is 5.72. The summed E-state index contributed by atoms with van der Waals surface area (Å²) in [5, 5.41) is 11.2. The van der Waals surface area contributed by atoms with Gasteiger partial charge in [0.1, 0.15) is 0 Å². The summed E-state index contributed by atoms with van der Waals surface area (Å²) in [6, 6.07) is 5.84. The Kier molecular flexibility index (Phi) is 3.52. The summed E-state index contributed by atoms with van der Waals surface area (Å²) in [4.78, 5) is 14.4. The molecule has 98 valence electrons. The second-order valence-corrected chi connectivity index (χ2v) is 4.30. The first-order valence-electron chi connectivity index (χ1n) is 5.31. The lowest BCUT2D eigenvalue weighted by Crippen LogP contribution is -1.97. The molecule has 1 aromatic heterocycles. The first kappa shape index (κ1) is 13.1. The van der Waals surface area contributed by atoms with Gasteiger partial charge in [-0.15, -0.1) is 0 Å². The van der Waals surface area contributed by atoms with E-state index in [9.17, 15) is 10.1 Å². The van der Waals surface area contributed by atoms with Crippen molar-refractivity contribution in [1.82, 2.24) is 4.98 Å². The summed E-state index contributed by atoms with van der Waals surface area (Å²) in [5.41, 5.74) is 6.54. The molecule has 7 heteroatoms. The summed E-state index contributed by atoms with van der Waals surface area (Å²) in [7, 11) is 0. The second kappa shape index (κ2) is 5.11. The molecule has 1 aromatic carbocycles. The zero-order valence-electron chi connectivity index (χ0n) is 9.96. The lowest BCUT2D eigenvalue weighted by molar-refractivity contribution is -0.385. The molecule has 2 aromatic rings. The van der Waals surface area contributed by atoms with E-state index >= 15 is 0 Å². The molecule has 0 radical (unpaired) electrons. The number of hydrogen-bond donors (Lipinski definition) is 1. The number of ether oxygens (including phenoxy) is 1. The molecule has 0 aliphatic heterocycles. The van der Waals surface area contributed by atoms with E-state index in [4.69, 9.17) is 22.1 Å². The van der Waals surface area contributed by atoms with Gasteiger partial charge in [0.2, 0.25) is 11.6 Å². The lowest BCUT2D eigenvalue weighted by Gasteiger charge is -2.08. The van der Waals surface area contributed by atoms with Crippen LogP contribution >= 0.6 is 11.6 Å². The maximum Gasteiger partial charge on any atom is 0.313 e. The van der Waals surface area contributed by atoms with Crippen LogP contribution in [0.3, 0.4) is 0 Å². The average molecular weight is 280 g/mol. The molecule has 0 bridgehead atoms. The minimum Gasteiger partial charge on any atom is -0.432 e. The normalized spacial score (nSPS) is 10.2. The van der Waals surface area contributed by atoms with E-state index in [-0.39, 0.29) is 22.3 Å². The van der Waals surface area contributed by atoms with E-state index in [1.54, 1.807) is 13.0 Å². The molecule has 0 unspecified atom stereocenters. The minimum absolute atomic E-state index is 0.0785. The Morgan fingerprint density at radius 3 is 2.79 bits per heavy atom. The van der Waals surface area contributed by atoms with E-state index in [1.165, 1.54) is 24.4 Å². The predicted octanol–water partition coefficient (Wildman–Crippen LogP) is 3.33. The number of aryl methyl sites for hydroxylation is 1. The number of aromatic nitrogens is 1. The van der Waals surface area contributed by atoms with Gasteiger partial charge in [0.25, 0.3) is 0 Å². The Bertz CT molecular complexity index is 646. The number of benzene rings is 1. The number of rotatable bonds is 3. The predicted molar refractivity (Wildman–Crippen MR) is 71.6 cm³/mol. The summed E-state index contributed by atoms with van der Waals surface area (Å²) in [6.07, 6.45) is 1.42. The molecule has 0 aliphatic rings. The first-order valence-corrected chi connectivity index (χ1v) is 5.69. The van der Waals surface area contributed by atoms with Crippen LogP contribution in [0.2, 0.25) is 5.02 Å². The van der Waals surface area contributed by atoms with E-state index in [2.05, 4.69) is 4.98 Å². The molecule has 0 saturated heterocycles. The molecule has 0 atom stereocenters. The van der Waals surface area contributed by atoms with Gasteiger partial charge in [0.15, 0.2) is 0 Å². The van der Waals surface area contributed by atoms with Gasteiger partial charge in [0.05, 0.1) is 16.8 Å². The third kappa shape index (κ3) is 2.92. The fourth-order valence-electron chi connectivity index (χ4n) is 1.51. The first-order chi connectivity index (χ1) is 8.97. The van der Waals surface area contributed by atoms with Crippen molar-refractivity contribution >= 4 is 23.0 Å². The third-order valence-corrected chi connectivity index (χ3v) is 2.61. The molecule has 2 rings (SSSR count). The Morgan fingerprint density at radius 2 is 2.16 bits per heavy atom. The smallest absolute Gasteiger partial charge is 0.313 e. The standard InChI is InChI=1S/C12H10ClN3O3/c1-7-4-9(14)6-15-12(7)19-11-3-2-8(13)5-10(11)16(17)18/h2-6H,14H2,1H3. The van der Waals surface area contributed by atoms with Crippen LogP contribution in [-0.4, -0.2) is 9.91 Å². The lowest BCUT2D eigenvalue weighted by atomic mass is 10.2. The molecule has 0 saturated carbocycles. The van der Waals surface area contributed by atoms with E-state index in [0.29, 0.717) is 11.3 Å². The van der Waals surface area contributed by atoms with Gasteiger partial charge >= 0.3 is 5.69 Å². The highest BCUT2D eigenvalue weighted by Gasteiger charge is 2.17. The number of nitrogens with two attached hydrogens (primary N) is 1. The van der Waals surface area contributed by atoms with E-state index < -0.39 is 4.92 Å². The maximum absolute atomic E-state index is 10.9. The number of halogens is 1. The van der Waals surface area contributed by atoms with Crippen molar-refractivity contribution in [3.63, 3.8) is 0 Å². The van der Waals surface area contributed by atoms with Crippen molar-refractivity contribution in [3.05, 3.63) is 51.2 Å². The molecule has 2 N–H and O–H groups in total. The van der Waals surface area contributed by atoms with Crippen LogP contribution in [0.4, 0.5) is 11.4 Å². The fraction of sp³-hybridized carbons (Fsp3) is 0.0833. The number of nitro groups is 1. The highest BCUT2D eigenvalue weighted by molar-refractivity contribution is 6.30. The highest BCUT2D eigenvalue weighted by atomic mass is 35.5. The van der Waals surface area contributed by atoms with Crippen LogP contribution in [-0.2, 0) is 0 Å². The molecular weight excluding hydrogens is 270 g/mol.